The molecule has 7 heteroatoms. The van der Waals surface area contributed by atoms with Crippen molar-refractivity contribution in [2.24, 2.45) is 5.73 Å². The van der Waals surface area contributed by atoms with Crippen LogP contribution in [0.15, 0.2) is 23.6 Å². The quantitative estimate of drug-likeness (QED) is 0.814. The Bertz CT molecular complexity index is 660. The summed E-state index contributed by atoms with van der Waals surface area (Å²) in [5.74, 6) is -0.225. The first kappa shape index (κ1) is 17.2. The summed E-state index contributed by atoms with van der Waals surface area (Å²) in [5.41, 5.74) is 7.27. The number of nitrogens with one attached hydrogen (secondary N) is 1. The normalized spacial score (nSPS) is 12.2. The minimum absolute atomic E-state index is 0.105. The first-order valence-electron chi connectivity index (χ1n) is 6.94. The van der Waals surface area contributed by atoms with E-state index in [0.29, 0.717) is 22.3 Å². The largest absolute Gasteiger partial charge is 0.347 e. The fourth-order valence-electron chi connectivity index (χ4n) is 1.92. The standard InChI is InChI=1S/C15H17Cl2N3OS/c1-2-3-12(18)15-20-13(8-22-15)14(21)19-7-9-4-5-10(16)11(17)6-9/h4-6,8,12H,2-3,7,18H2,1H3,(H,19,21). The maximum atomic E-state index is 12.1. The summed E-state index contributed by atoms with van der Waals surface area (Å²) in [5, 5.41) is 6.29. The van der Waals surface area contributed by atoms with Crippen LogP contribution in [0.4, 0.5) is 0 Å². The summed E-state index contributed by atoms with van der Waals surface area (Å²) < 4.78 is 0. The van der Waals surface area contributed by atoms with E-state index < -0.39 is 0 Å². The number of amides is 1. The van der Waals surface area contributed by atoms with Crippen LogP contribution in [-0.2, 0) is 6.54 Å². The molecule has 0 saturated carbocycles. The Hall–Kier alpha value is -1.14. The number of carbonyl (C=O) groups is 1. The molecule has 22 heavy (non-hydrogen) atoms. The topological polar surface area (TPSA) is 68.0 Å². The summed E-state index contributed by atoms with van der Waals surface area (Å²) in [4.78, 5) is 16.4. The zero-order valence-corrected chi connectivity index (χ0v) is 14.4. The van der Waals surface area contributed by atoms with Gasteiger partial charge in [-0.3, -0.25) is 4.79 Å². The van der Waals surface area contributed by atoms with Crippen molar-refractivity contribution >= 4 is 40.4 Å². The second-order valence-electron chi connectivity index (χ2n) is 4.90. The summed E-state index contributed by atoms with van der Waals surface area (Å²) >= 11 is 13.2. The highest BCUT2D eigenvalue weighted by molar-refractivity contribution is 7.09. The molecule has 1 aromatic heterocycles. The molecule has 0 aliphatic carbocycles. The van der Waals surface area contributed by atoms with Gasteiger partial charge in [0, 0.05) is 11.9 Å². The molecule has 2 aromatic rings. The summed E-state index contributed by atoms with van der Waals surface area (Å²) in [6.07, 6.45) is 1.84. The van der Waals surface area contributed by atoms with E-state index in [0.717, 1.165) is 23.4 Å². The number of nitrogens with two attached hydrogens (primary N) is 1. The van der Waals surface area contributed by atoms with E-state index in [-0.39, 0.29) is 11.9 Å². The van der Waals surface area contributed by atoms with Gasteiger partial charge in [0.15, 0.2) is 0 Å². The molecule has 0 aliphatic heterocycles. The third-order valence-electron chi connectivity index (χ3n) is 3.11. The number of hydrogen-bond donors (Lipinski definition) is 2. The molecule has 3 N–H and O–H groups in total. The number of aromatic nitrogens is 1. The van der Waals surface area contributed by atoms with Gasteiger partial charge in [0.05, 0.1) is 16.1 Å². The molecule has 0 radical (unpaired) electrons. The van der Waals surface area contributed by atoms with Crippen molar-refractivity contribution in [3.8, 4) is 0 Å². The minimum Gasteiger partial charge on any atom is -0.347 e. The van der Waals surface area contributed by atoms with E-state index >= 15 is 0 Å². The van der Waals surface area contributed by atoms with Crippen molar-refractivity contribution < 1.29 is 4.79 Å². The van der Waals surface area contributed by atoms with E-state index in [1.54, 1.807) is 17.5 Å². The van der Waals surface area contributed by atoms with E-state index in [1.165, 1.54) is 11.3 Å². The molecule has 1 amide bonds. The SMILES string of the molecule is CCCC(N)c1nc(C(=O)NCc2ccc(Cl)c(Cl)c2)cs1. The Balaban J connectivity index is 1.96. The Morgan fingerprint density at radius 3 is 2.86 bits per heavy atom. The first-order valence-corrected chi connectivity index (χ1v) is 8.58. The van der Waals surface area contributed by atoms with Gasteiger partial charge in [-0.05, 0) is 24.1 Å². The van der Waals surface area contributed by atoms with Crippen molar-refractivity contribution in [3.63, 3.8) is 0 Å². The lowest BCUT2D eigenvalue weighted by Crippen LogP contribution is -2.23. The molecule has 1 unspecified atom stereocenters. The number of nitrogens with zero attached hydrogens (tertiary/aromatic N) is 1. The van der Waals surface area contributed by atoms with Crippen LogP contribution in [-0.4, -0.2) is 10.9 Å². The Morgan fingerprint density at radius 2 is 2.18 bits per heavy atom. The average Bonchev–Trinajstić information content (AvgIpc) is 2.98. The average molecular weight is 358 g/mol. The number of carbonyl (C=O) groups excluding carboxylic acids is 1. The Kier molecular flexibility index (Phi) is 6.20. The van der Waals surface area contributed by atoms with Gasteiger partial charge in [-0.15, -0.1) is 11.3 Å². The van der Waals surface area contributed by atoms with Gasteiger partial charge in [0.1, 0.15) is 10.7 Å². The number of halogens is 2. The third kappa shape index (κ3) is 4.43. The Labute approximate surface area is 143 Å². The number of benzene rings is 1. The summed E-state index contributed by atoms with van der Waals surface area (Å²) in [6.45, 7) is 2.43. The van der Waals surface area contributed by atoms with Crippen LogP contribution in [0.2, 0.25) is 10.0 Å². The molecule has 1 heterocycles. The van der Waals surface area contributed by atoms with Gasteiger partial charge in [-0.2, -0.15) is 0 Å². The first-order chi connectivity index (χ1) is 10.5. The van der Waals surface area contributed by atoms with Crippen molar-refractivity contribution in [2.45, 2.75) is 32.4 Å². The molecule has 118 valence electrons. The molecule has 1 aromatic carbocycles. The fourth-order valence-corrected chi connectivity index (χ4v) is 3.08. The predicted molar refractivity (Wildman–Crippen MR) is 91.6 cm³/mol. The van der Waals surface area contributed by atoms with E-state index in [4.69, 9.17) is 28.9 Å². The van der Waals surface area contributed by atoms with Crippen LogP contribution in [0.5, 0.6) is 0 Å². The highest BCUT2D eigenvalue weighted by atomic mass is 35.5. The van der Waals surface area contributed by atoms with Crippen molar-refractivity contribution in [2.75, 3.05) is 0 Å². The molecular weight excluding hydrogens is 341 g/mol. The van der Waals surface area contributed by atoms with Crippen molar-refractivity contribution in [1.82, 2.24) is 10.3 Å². The molecule has 0 spiro atoms. The van der Waals surface area contributed by atoms with E-state index in [2.05, 4.69) is 17.2 Å². The van der Waals surface area contributed by atoms with Crippen LogP contribution in [0.25, 0.3) is 0 Å². The maximum Gasteiger partial charge on any atom is 0.271 e. The maximum absolute atomic E-state index is 12.1. The lowest BCUT2D eigenvalue weighted by molar-refractivity contribution is 0.0946. The smallest absolute Gasteiger partial charge is 0.271 e. The van der Waals surface area contributed by atoms with Crippen molar-refractivity contribution in [1.29, 1.82) is 0 Å². The van der Waals surface area contributed by atoms with Crippen molar-refractivity contribution in [3.05, 3.63) is 49.9 Å². The molecule has 1 atom stereocenters. The highest BCUT2D eigenvalue weighted by Gasteiger charge is 2.14. The van der Waals surface area contributed by atoms with Gasteiger partial charge in [-0.25, -0.2) is 4.98 Å². The third-order valence-corrected chi connectivity index (χ3v) is 4.82. The van der Waals surface area contributed by atoms with Gasteiger partial charge in [-0.1, -0.05) is 42.6 Å². The molecule has 4 nitrogen and oxygen atoms in total. The fraction of sp³-hybridized carbons (Fsp3) is 0.333. The van der Waals surface area contributed by atoms with Gasteiger partial charge >= 0.3 is 0 Å². The zero-order chi connectivity index (χ0) is 16.1. The zero-order valence-electron chi connectivity index (χ0n) is 12.1. The van der Waals surface area contributed by atoms with E-state index in [9.17, 15) is 4.79 Å². The van der Waals surface area contributed by atoms with Crippen LogP contribution >= 0.6 is 34.5 Å². The Morgan fingerprint density at radius 1 is 1.41 bits per heavy atom. The number of thiazole rings is 1. The number of hydrogen-bond acceptors (Lipinski definition) is 4. The van der Waals surface area contributed by atoms with Crippen LogP contribution in [0, 0.1) is 0 Å². The molecule has 0 fully saturated rings. The predicted octanol–water partition coefficient (Wildman–Crippen LogP) is 4.18. The van der Waals surface area contributed by atoms with E-state index in [1.807, 2.05) is 6.07 Å². The monoisotopic (exact) mass is 357 g/mol. The van der Waals surface area contributed by atoms with Gasteiger partial charge in [0.25, 0.3) is 5.91 Å². The van der Waals surface area contributed by atoms with Crippen LogP contribution < -0.4 is 11.1 Å². The molecule has 0 bridgehead atoms. The molecule has 2 rings (SSSR count). The summed E-state index contributed by atoms with van der Waals surface area (Å²) in [7, 11) is 0. The second kappa shape index (κ2) is 7.92. The lowest BCUT2D eigenvalue weighted by Gasteiger charge is -2.06. The number of rotatable bonds is 6. The van der Waals surface area contributed by atoms with Crippen LogP contribution in [0.3, 0.4) is 0 Å². The minimum atomic E-state index is -0.225. The highest BCUT2D eigenvalue weighted by Crippen LogP contribution is 2.23. The van der Waals surface area contributed by atoms with Gasteiger partial charge in [0.2, 0.25) is 0 Å². The van der Waals surface area contributed by atoms with Crippen LogP contribution in [0.1, 0.15) is 46.9 Å². The summed E-state index contributed by atoms with van der Waals surface area (Å²) in [6, 6.07) is 5.15. The van der Waals surface area contributed by atoms with Gasteiger partial charge < -0.3 is 11.1 Å². The molecular formula is C15H17Cl2N3OS. The molecule has 0 saturated heterocycles. The molecule has 0 aliphatic rings. The second-order valence-corrected chi connectivity index (χ2v) is 6.60. The lowest BCUT2D eigenvalue weighted by atomic mass is 10.2.